The Morgan fingerprint density at radius 2 is 1.95 bits per heavy atom. The van der Waals surface area contributed by atoms with Gasteiger partial charge in [0, 0.05) is 32.5 Å². The van der Waals surface area contributed by atoms with E-state index in [1.165, 1.54) is 19.3 Å². The standard InChI is InChI=1S/C14H21N7/c1-3-11-5-9-20(10-6-11)13-17-12(15-2)18-14(19-13)21-8-4-7-16-21/h4,7-8,11H,3,5-6,9-10H2,1-2H3,(H,15,17,18,19). The Kier molecular flexibility index (Phi) is 3.98. The largest absolute Gasteiger partial charge is 0.357 e. The zero-order chi connectivity index (χ0) is 14.7. The third kappa shape index (κ3) is 2.96. The van der Waals surface area contributed by atoms with Gasteiger partial charge in [-0.05, 0) is 24.8 Å². The van der Waals surface area contributed by atoms with E-state index in [2.05, 4.69) is 37.2 Å². The molecule has 1 saturated heterocycles. The number of aromatic nitrogens is 5. The SMILES string of the molecule is CCC1CCN(c2nc(NC)nc(-n3cccn3)n2)CC1. The lowest BCUT2D eigenvalue weighted by Crippen LogP contribution is -2.35. The molecule has 0 amide bonds. The van der Waals surface area contributed by atoms with Gasteiger partial charge in [0.15, 0.2) is 0 Å². The summed E-state index contributed by atoms with van der Waals surface area (Å²) in [5, 5.41) is 7.19. The Morgan fingerprint density at radius 3 is 2.57 bits per heavy atom. The fourth-order valence-corrected chi connectivity index (χ4v) is 2.64. The molecule has 7 heteroatoms. The highest BCUT2D eigenvalue weighted by molar-refractivity contribution is 5.40. The quantitative estimate of drug-likeness (QED) is 0.923. The van der Waals surface area contributed by atoms with Crippen LogP contribution in [0.2, 0.25) is 0 Å². The van der Waals surface area contributed by atoms with Crippen LogP contribution in [0.4, 0.5) is 11.9 Å². The van der Waals surface area contributed by atoms with Crippen LogP contribution in [-0.4, -0.2) is 44.9 Å². The molecule has 1 aliphatic rings. The molecule has 1 aliphatic heterocycles. The summed E-state index contributed by atoms with van der Waals surface area (Å²) in [6.45, 7) is 4.27. The van der Waals surface area contributed by atoms with Crippen LogP contribution in [0.25, 0.3) is 5.95 Å². The molecule has 0 unspecified atom stereocenters. The second-order valence-corrected chi connectivity index (χ2v) is 5.30. The number of nitrogens with zero attached hydrogens (tertiary/aromatic N) is 6. The van der Waals surface area contributed by atoms with E-state index in [0.717, 1.165) is 25.0 Å². The van der Waals surface area contributed by atoms with E-state index in [1.54, 1.807) is 10.9 Å². The first kappa shape index (κ1) is 13.8. The van der Waals surface area contributed by atoms with Crippen LogP contribution in [0.1, 0.15) is 26.2 Å². The van der Waals surface area contributed by atoms with Gasteiger partial charge in [0.05, 0.1) is 0 Å². The van der Waals surface area contributed by atoms with Crippen molar-refractivity contribution < 1.29 is 0 Å². The predicted octanol–water partition coefficient (Wildman–Crippen LogP) is 1.73. The van der Waals surface area contributed by atoms with Crippen molar-refractivity contribution in [3.63, 3.8) is 0 Å². The Morgan fingerprint density at radius 1 is 1.19 bits per heavy atom. The summed E-state index contributed by atoms with van der Waals surface area (Å²) in [6.07, 6.45) is 7.21. The Labute approximate surface area is 124 Å². The molecule has 0 bridgehead atoms. The van der Waals surface area contributed by atoms with Gasteiger partial charge in [0.1, 0.15) is 0 Å². The molecule has 1 N–H and O–H groups in total. The van der Waals surface area contributed by atoms with Gasteiger partial charge in [0.2, 0.25) is 11.9 Å². The van der Waals surface area contributed by atoms with Crippen LogP contribution < -0.4 is 10.2 Å². The minimum absolute atomic E-state index is 0.548. The topological polar surface area (TPSA) is 71.8 Å². The van der Waals surface area contributed by atoms with Gasteiger partial charge in [-0.3, -0.25) is 0 Å². The molecule has 0 saturated carbocycles. The van der Waals surface area contributed by atoms with Crippen LogP contribution >= 0.6 is 0 Å². The van der Waals surface area contributed by atoms with Crippen molar-refractivity contribution in [1.29, 1.82) is 0 Å². The van der Waals surface area contributed by atoms with E-state index in [0.29, 0.717) is 11.9 Å². The summed E-state index contributed by atoms with van der Waals surface area (Å²) >= 11 is 0. The first-order valence-corrected chi connectivity index (χ1v) is 7.49. The van der Waals surface area contributed by atoms with E-state index >= 15 is 0 Å². The monoisotopic (exact) mass is 287 g/mol. The van der Waals surface area contributed by atoms with Gasteiger partial charge in [0.25, 0.3) is 5.95 Å². The molecule has 7 nitrogen and oxygen atoms in total. The smallest absolute Gasteiger partial charge is 0.257 e. The first-order chi connectivity index (χ1) is 10.3. The number of nitrogens with one attached hydrogen (secondary N) is 1. The average Bonchev–Trinajstić information content (AvgIpc) is 3.09. The van der Waals surface area contributed by atoms with E-state index in [9.17, 15) is 0 Å². The van der Waals surface area contributed by atoms with Crippen molar-refractivity contribution in [2.75, 3.05) is 30.4 Å². The van der Waals surface area contributed by atoms with Gasteiger partial charge in [-0.1, -0.05) is 13.3 Å². The summed E-state index contributed by atoms with van der Waals surface area (Å²) in [5.41, 5.74) is 0. The summed E-state index contributed by atoms with van der Waals surface area (Å²) < 4.78 is 1.66. The lowest BCUT2D eigenvalue weighted by molar-refractivity contribution is 0.392. The molecule has 0 spiro atoms. The van der Waals surface area contributed by atoms with E-state index < -0.39 is 0 Å². The second kappa shape index (κ2) is 6.07. The Hall–Kier alpha value is -2.18. The molecule has 0 aromatic carbocycles. The molecule has 1 fully saturated rings. The Balaban J connectivity index is 1.86. The zero-order valence-electron chi connectivity index (χ0n) is 12.5. The number of hydrogen-bond donors (Lipinski definition) is 1. The van der Waals surface area contributed by atoms with Crippen molar-refractivity contribution in [2.24, 2.45) is 5.92 Å². The number of rotatable bonds is 4. The number of piperidine rings is 1. The van der Waals surface area contributed by atoms with Crippen LogP contribution in [0.3, 0.4) is 0 Å². The van der Waals surface area contributed by atoms with Crippen LogP contribution in [0.15, 0.2) is 18.5 Å². The molecule has 2 aromatic rings. The fraction of sp³-hybridized carbons (Fsp3) is 0.571. The van der Waals surface area contributed by atoms with Gasteiger partial charge in [-0.2, -0.15) is 20.1 Å². The van der Waals surface area contributed by atoms with E-state index in [4.69, 9.17) is 0 Å². The molecular weight excluding hydrogens is 266 g/mol. The summed E-state index contributed by atoms with van der Waals surface area (Å²) in [4.78, 5) is 15.6. The lowest BCUT2D eigenvalue weighted by Gasteiger charge is -2.31. The predicted molar refractivity (Wildman–Crippen MR) is 81.7 cm³/mol. The van der Waals surface area contributed by atoms with Crippen LogP contribution in [0.5, 0.6) is 0 Å². The average molecular weight is 287 g/mol. The lowest BCUT2D eigenvalue weighted by atomic mass is 9.95. The van der Waals surface area contributed by atoms with Gasteiger partial charge >= 0.3 is 0 Å². The molecule has 2 aromatic heterocycles. The molecule has 3 rings (SSSR count). The molecule has 3 heterocycles. The van der Waals surface area contributed by atoms with Crippen molar-refractivity contribution in [2.45, 2.75) is 26.2 Å². The summed E-state index contributed by atoms with van der Waals surface area (Å²) in [5.74, 6) is 2.68. The summed E-state index contributed by atoms with van der Waals surface area (Å²) in [6, 6.07) is 1.86. The van der Waals surface area contributed by atoms with Crippen molar-refractivity contribution in [3.05, 3.63) is 18.5 Å². The molecular formula is C14H21N7. The maximum atomic E-state index is 4.56. The van der Waals surface area contributed by atoms with Crippen molar-refractivity contribution >= 4 is 11.9 Å². The van der Waals surface area contributed by atoms with Gasteiger partial charge in [-0.25, -0.2) is 4.68 Å². The van der Waals surface area contributed by atoms with Crippen molar-refractivity contribution in [1.82, 2.24) is 24.7 Å². The third-order valence-electron chi connectivity index (χ3n) is 4.02. The second-order valence-electron chi connectivity index (χ2n) is 5.30. The Bertz CT molecular complexity index is 573. The normalized spacial score (nSPS) is 16.2. The first-order valence-electron chi connectivity index (χ1n) is 7.49. The zero-order valence-corrected chi connectivity index (χ0v) is 12.5. The molecule has 0 radical (unpaired) electrons. The highest BCUT2D eigenvalue weighted by Gasteiger charge is 2.21. The van der Waals surface area contributed by atoms with E-state index in [-0.39, 0.29) is 0 Å². The molecule has 21 heavy (non-hydrogen) atoms. The minimum atomic E-state index is 0.548. The number of hydrogen-bond acceptors (Lipinski definition) is 6. The van der Waals surface area contributed by atoms with Crippen molar-refractivity contribution in [3.8, 4) is 5.95 Å². The highest BCUT2D eigenvalue weighted by Crippen LogP contribution is 2.23. The van der Waals surface area contributed by atoms with Crippen LogP contribution in [0, 0.1) is 5.92 Å². The fourth-order valence-electron chi connectivity index (χ4n) is 2.64. The molecule has 0 aliphatic carbocycles. The van der Waals surface area contributed by atoms with Gasteiger partial charge in [-0.15, -0.1) is 0 Å². The number of anilines is 2. The van der Waals surface area contributed by atoms with Gasteiger partial charge < -0.3 is 10.2 Å². The minimum Gasteiger partial charge on any atom is -0.357 e. The van der Waals surface area contributed by atoms with E-state index in [1.807, 2.05) is 19.3 Å². The summed E-state index contributed by atoms with van der Waals surface area (Å²) in [7, 11) is 1.81. The highest BCUT2D eigenvalue weighted by atomic mass is 15.4. The molecule has 112 valence electrons. The maximum absolute atomic E-state index is 4.56. The maximum Gasteiger partial charge on any atom is 0.257 e. The van der Waals surface area contributed by atoms with Crippen LogP contribution in [-0.2, 0) is 0 Å². The third-order valence-corrected chi connectivity index (χ3v) is 4.02. The molecule has 0 atom stereocenters.